The molecule has 1 aliphatic carbocycles. The summed E-state index contributed by atoms with van der Waals surface area (Å²) in [5.41, 5.74) is 0.0266. The number of carbonyl (C=O) groups is 2. The fraction of sp³-hybridized carbons (Fsp3) is 0.867. The minimum absolute atomic E-state index is 0.0266. The Kier molecular flexibility index (Phi) is 3.88. The second-order valence-corrected chi connectivity index (χ2v) is 7.46. The van der Waals surface area contributed by atoms with Crippen molar-refractivity contribution in [2.45, 2.75) is 53.0 Å². The van der Waals surface area contributed by atoms with E-state index >= 15 is 0 Å². The van der Waals surface area contributed by atoms with Gasteiger partial charge in [-0.3, -0.25) is 9.59 Å². The van der Waals surface area contributed by atoms with Gasteiger partial charge in [0.2, 0.25) is 11.8 Å². The smallest absolute Gasteiger partial charge is 0.220 e. The van der Waals surface area contributed by atoms with E-state index in [1.807, 2.05) is 0 Å². The number of nitrogens with one attached hydrogen (secondary N) is 2. The van der Waals surface area contributed by atoms with Gasteiger partial charge in [-0.05, 0) is 29.6 Å². The summed E-state index contributed by atoms with van der Waals surface area (Å²) < 4.78 is 0. The predicted molar refractivity (Wildman–Crippen MR) is 74.4 cm³/mol. The molecule has 1 aliphatic heterocycles. The van der Waals surface area contributed by atoms with Crippen LogP contribution in [0.5, 0.6) is 0 Å². The monoisotopic (exact) mass is 266 g/mol. The van der Waals surface area contributed by atoms with E-state index in [0.717, 1.165) is 6.42 Å². The van der Waals surface area contributed by atoms with E-state index in [1.165, 1.54) is 0 Å². The summed E-state index contributed by atoms with van der Waals surface area (Å²) in [5.74, 6) is 1.73. The van der Waals surface area contributed by atoms with Crippen LogP contribution >= 0.6 is 0 Å². The van der Waals surface area contributed by atoms with Crippen molar-refractivity contribution in [2.75, 3.05) is 6.54 Å². The molecule has 2 amide bonds. The van der Waals surface area contributed by atoms with Crippen molar-refractivity contribution in [3.63, 3.8) is 0 Å². The highest BCUT2D eigenvalue weighted by molar-refractivity contribution is 5.79. The minimum atomic E-state index is 0.0266. The van der Waals surface area contributed by atoms with Crippen molar-refractivity contribution in [2.24, 2.45) is 23.2 Å². The quantitative estimate of drug-likeness (QED) is 0.817. The summed E-state index contributed by atoms with van der Waals surface area (Å²) in [6, 6.07) is 0.340. The summed E-state index contributed by atoms with van der Waals surface area (Å²) in [5, 5.41) is 6.11. The van der Waals surface area contributed by atoms with Crippen LogP contribution in [0.15, 0.2) is 0 Å². The molecular formula is C15H26N2O2. The first-order valence-electron chi connectivity index (χ1n) is 7.32. The Balaban J connectivity index is 1.85. The zero-order chi connectivity index (χ0) is 14.2. The molecule has 108 valence electrons. The Morgan fingerprint density at radius 2 is 2.11 bits per heavy atom. The van der Waals surface area contributed by atoms with Gasteiger partial charge in [-0.15, -0.1) is 0 Å². The van der Waals surface area contributed by atoms with Crippen molar-refractivity contribution in [3.05, 3.63) is 0 Å². The van der Waals surface area contributed by atoms with E-state index in [0.29, 0.717) is 43.2 Å². The highest BCUT2D eigenvalue weighted by Crippen LogP contribution is 2.41. The molecule has 0 bridgehead atoms. The van der Waals surface area contributed by atoms with Crippen LogP contribution in [-0.2, 0) is 9.59 Å². The molecule has 2 aliphatic rings. The van der Waals surface area contributed by atoms with Gasteiger partial charge in [0, 0.05) is 25.4 Å². The van der Waals surface area contributed by atoms with Crippen LogP contribution in [0.2, 0.25) is 0 Å². The lowest BCUT2D eigenvalue weighted by atomic mass is 9.88. The SMILES string of the molecule is C[C@H]1C[C@H]2NC(=O)C[C@H]2[C@@H]1CNC(=O)CC(C)(C)C. The molecule has 19 heavy (non-hydrogen) atoms. The maximum atomic E-state index is 11.9. The van der Waals surface area contributed by atoms with Crippen LogP contribution in [-0.4, -0.2) is 24.4 Å². The molecule has 0 unspecified atom stereocenters. The molecular weight excluding hydrogens is 240 g/mol. The lowest BCUT2D eigenvalue weighted by Crippen LogP contribution is -2.35. The summed E-state index contributed by atoms with van der Waals surface area (Å²) in [6.45, 7) is 9.15. The molecule has 0 aromatic carbocycles. The molecule has 2 N–H and O–H groups in total. The summed E-state index contributed by atoms with van der Waals surface area (Å²) in [6.07, 6.45) is 2.24. The van der Waals surface area contributed by atoms with Crippen molar-refractivity contribution in [1.82, 2.24) is 10.6 Å². The molecule has 0 radical (unpaired) electrons. The molecule has 2 rings (SSSR count). The van der Waals surface area contributed by atoms with Crippen molar-refractivity contribution >= 4 is 11.8 Å². The normalized spacial score (nSPS) is 34.0. The van der Waals surface area contributed by atoms with E-state index in [-0.39, 0.29) is 17.2 Å². The topological polar surface area (TPSA) is 58.2 Å². The maximum Gasteiger partial charge on any atom is 0.220 e. The Morgan fingerprint density at radius 3 is 2.74 bits per heavy atom. The molecule has 4 atom stereocenters. The number of amides is 2. The number of rotatable bonds is 3. The van der Waals surface area contributed by atoms with Crippen LogP contribution < -0.4 is 10.6 Å². The zero-order valence-corrected chi connectivity index (χ0v) is 12.5. The van der Waals surface area contributed by atoms with Gasteiger partial charge in [0.05, 0.1) is 0 Å². The minimum Gasteiger partial charge on any atom is -0.356 e. The first-order chi connectivity index (χ1) is 8.76. The van der Waals surface area contributed by atoms with Gasteiger partial charge in [0.15, 0.2) is 0 Å². The third-order valence-electron chi connectivity index (χ3n) is 4.42. The first-order valence-corrected chi connectivity index (χ1v) is 7.32. The molecule has 4 nitrogen and oxygen atoms in total. The Bertz CT molecular complexity index is 373. The maximum absolute atomic E-state index is 11.9. The van der Waals surface area contributed by atoms with Crippen LogP contribution in [0.1, 0.15) is 47.0 Å². The summed E-state index contributed by atoms with van der Waals surface area (Å²) in [4.78, 5) is 23.3. The number of hydrogen-bond acceptors (Lipinski definition) is 2. The molecule has 1 saturated heterocycles. The Labute approximate surface area is 115 Å². The van der Waals surface area contributed by atoms with Crippen LogP contribution in [0.4, 0.5) is 0 Å². The van der Waals surface area contributed by atoms with Gasteiger partial charge >= 0.3 is 0 Å². The van der Waals surface area contributed by atoms with Gasteiger partial charge in [-0.1, -0.05) is 27.7 Å². The summed E-state index contributed by atoms with van der Waals surface area (Å²) in [7, 11) is 0. The summed E-state index contributed by atoms with van der Waals surface area (Å²) >= 11 is 0. The highest BCUT2D eigenvalue weighted by atomic mass is 16.2. The van der Waals surface area contributed by atoms with Gasteiger partial charge < -0.3 is 10.6 Å². The van der Waals surface area contributed by atoms with Crippen molar-refractivity contribution in [3.8, 4) is 0 Å². The Morgan fingerprint density at radius 1 is 1.42 bits per heavy atom. The number of hydrogen-bond donors (Lipinski definition) is 2. The van der Waals surface area contributed by atoms with Crippen molar-refractivity contribution < 1.29 is 9.59 Å². The first kappa shape index (κ1) is 14.4. The average molecular weight is 266 g/mol. The largest absolute Gasteiger partial charge is 0.356 e. The Hall–Kier alpha value is -1.06. The van der Waals surface area contributed by atoms with Crippen molar-refractivity contribution in [1.29, 1.82) is 0 Å². The third kappa shape index (κ3) is 3.48. The van der Waals surface area contributed by atoms with Crippen LogP contribution in [0, 0.1) is 23.2 Å². The molecule has 0 aromatic heterocycles. The molecule has 1 saturated carbocycles. The van der Waals surface area contributed by atoms with Gasteiger partial charge in [0.1, 0.15) is 0 Å². The van der Waals surface area contributed by atoms with E-state index in [4.69, 9.17) is 0 Å². The van der Waals surface area contributed by atoms with E-state index in [1.54, 1.807) is 0 Å². The zero-order valence-electron chi connectivity index (χ0n) is 12.5. The fourth-order valence-electron chi connectivity index (χ4n) is 3.54. The van der Waals surface area contributed by atoms with Crippen LogP contribution in [0.3, 0.4) is 0 Å². The number of carbonyl (C=O) groups excluding carboxylic acids is 2. The van der Waals surface area contributed by atoms with E-state index in [2.05, 4.69) is 38.3 Å². The molecule has 2 fully saturated rings. The molecule has 1 heterocycles. The van der Waals surface area contributed by atoms with Gasteiger partial charge in [-0.2, -0.15) is 0 Å². The molecule has 0 aromatic rings. The standard InChI is InChI=1S/C15H26N2O2/c1-9-5-12-10(6-13(18)17-12)11(9)8-16-14(19)7-15(2,3)4/h9-12H,5-8H2,1-4H3,(H,16,19)(H,17,18)/t9-,10-,11+,12+/m0/s1. The second kappa shape index (κ2) is 5.14. The van der Waals surface area contributed by atoms with Crippen LogP contribution in [0.25, 0.3) is 0 Å². The lowest BCUT2D eigenvalue weighted by Gasteiger charge is -2.23. The molecule has 4 heteroatoms. The number of fused-ring (bicyclic) bond motifs is 1. The second-order valence-electron chi connectivity index (χ2n) is 7.46. The average Bonchev–Trinajstić information content (AvgIpc) is 2.68. The molecule has 0 spiro atoms. The third-order valence-corrected chi connectivity index (χ3v) is 4.42. The highest BCUT2D eigenvalue weighted by Gasteiger charge is 2.46. The fourth-order valence-corrected chi connectivity index (χ4v) is 3.54. The predicted octanol–water partition coefficient (Wildman–Crippen LogP) is 1.70. The van der Waals surface area contributed by atoms with Gasteiger partial charge in [0.25, 0.3) is 0 Å². The lowest BCUT2D eigenvalue weighted by molar-refractivity contribution is -0.123. The van der Waals surface area contributed by atoms with E-state index < -0.39 is 0 Å². The van der Waals surface area contributed by atoms with E-state index in [9.17, 15) is 9.59 Å². The van der Waals surface area contributed by atoms with Gasteiger partial charge in [-0.25, -0.2) is 0 Å².